The quantitative estimate of drug-likeness (QED) is 0.898. The number of para-hydroxylation sites is 1. The molecule has 0 aliphatic heterocycles. The molecule has 1 fully saturated rings. The third-order valence-electron chi connectivity index (χ3n) is 4.06. The number of rotatable bonds is 3. The molecular weight excluding hydrogens is 252 g/mol. The molecule has 1 aliphatic carbocycles. The Hall–Kier alpha value is -2.10. The number of benzene rings is 1. The Morgan fingerprint density at radius 3 is 2.85 bits per heavy atom. The minimum absolute atomic E-state index is 0.00569. The van der Waals surface area contributed by atoms with E-state index in [4.69, 9.17) is 0 Å². The molecule has 1 aromatic heterocycles. The number of hydrogen-bond donors (Lipinski definition) is 2. The van der Waals surface area contributed by atoms with Crippen LogP contribution < -0.4 is 5.32 Å². The molecule has 20 heavy (non-hydrogen) atoms. The fourth-order valence-electron chi connectivity index (χ4n) is 3.02. The lowest BCUT2D eigenvalue weighted by molar-refractivity contribution is -0.143. The summed E-state index contributed by atoms with van der Waals surface area (Å²) in [4.78, 5) is 15.8. The van der Waals surface area contributed by atoms with Crippen LogP contribution in [0.4, 0.5) is 5.69 Å². The first-order valence-corrected chi connectivity index (χ1v) is 7.09. The SMILES string of the molecule is O=C(O)[C@@H]1CCCC[C@H]1Nc1cccc2cccnc12. The molecule has 1 aliphatic rings. The Morgan fingerprint density at radius 1 is 1.20 bits per heavy atom. The number of aliphatic carboxylic acids is 1. The van der Waals surface area contributed by atoms with Crippen molar-refractivity contribution in [1.82, 2.24) is 4.98 Å². The number of hydrogen-bond acceptors (Lipinski definition) is 3. The van der Waals surface area contributed by atoms with Crippen LogP contribution in [-0.2, 0) is 4.79 Å². The number of fused-ring (bicyclic) bond motifs is 1. The van der Waals surface area contributed by atoms with Gasteiger partial charge in [0.05, 0.1) is 17.1 Å². The number of nitrogens with zero attached hydrogens (tertiary/aromatic N) is 1. The van der Waals surface area contributed by atoms with Gasteiger partial charge in [-0.1, -0.05) is 31.0 Å². The average molecular weight is 270 g/mol. The highest BCUT2D eigenvalue weighted by molar-refractivity contribution is 5.90. The standard InChI is InChI=1S/C16H18N2O2/c19-16(20)12-7-1-2-8-13(12)18-14-9-3-5-11-6-4-10-17-15(11)14/h3-6,9-10,12-13,18H,1-2,7-8H2,(H,19,20)/t12-,13-/m1/s1. The van der Waals surface area contributed by atoms with Crippen molar-refractivity contribution in [3.63, 3.8) is 0 Å². The molecule has 104 valence electrons. The summed E-state index contributed by atoms with van der Waals surface area (Å²) in [7, 11) is 0. The fourth-order valence-corrected chi connectivity index (χ4v) is 3.02. The molecule has 4 heteroatoms. The maximum atomic E-state index is 11.4. The molecule has 0 bridgehead atoms. The van der Waals surface area contributed by atoms with Gasteiger partial charge in [-0.2, -0.15) is 0 Å². The Morgan fingerprint density at radius 2 is 2.00 bits per heavy atom. The van der Waals surface area contributed by atoms with E-state index in [-0.39, 0.29) is 12.0 Å². The van der Waals surface area contributed by atoms with Gasteiger partial charge < -0.3 is 10.4 Å². The highest BCUT2D eigenvalue weighted by Crippen LogP contribution is 2.29. The van der Waals surface area contributed by atoms with Crippen LogP contribution in [0.25, 0.3) is 10.9 Å². The van der Waals surface area contributed by atoms with Crippen LogP contribution in [0.2, 0.25) is 0 Å². The summed E-state index contributed by atoms with van der Waals surface area (Å²) in [5.74, 6) is -1.00. The number of carbonyl (C=O) groups is 1. The Bertz CT molecular complexity index is 621. The minimum atomic E-state index is -0.699. The molecule has 0 spiro atoms. The van der Waals surface area contributed by atoms with E-state index in [1.165, 1.54) is 0 Å². The van der Waals surface area contributed by atoms with E-state index >= 15 is 0 Å². The summed E-state index contributed by atoms with van der Waals surface area (Å²) in [6.45, 7) is 0. The van der Waals surface area contributed by atoms with Crippen LogP contribution >= 0.6 is 0 Å². The maximum absolute atomic E-state index is 11.4. The summed E-state index contributed by atoms with van der Waals surface area (Å²) >= 11 is 0. The molecule has 1 saturated carbocycles. The van der Waals surface area contributed by atoms with Crippen LogP contribution in [0.5, 0.6) is 0 Å². The van der Waals surface area contributed by atoms with Gasteiger partial charge in [0.2, 0.25) is 0 Å². The van der Waals surface area contributed by atoms with E-state index in [0.29, 0.717) is 0 Å². The van der Waals surface area contributed by atoms with Crippen LogP contribution in [0.1, 0.15) is 25.7 Å². The van der Waals surface area contributed by atoms with Crippen LogP contribution in [0, 0.1) is 5.92 Å². The van der Waals surface area contributed by atoms with E-state index in [1.54, 1.807) is 6.20 Å². The summed E-state index contributed by atoms with van der Waals surface area (Å²) in [5.41, 5.74) is 1.84. The smallest absolute Gasteiger partial charge is 0.308 e. The van der Waals surface area contributed by atoms with E-state index in [0.717, 1.165) is 42.3 Å². The second-order valence-electron chi connectivity index (χ2n) is 5.36. The largest absolute Gasteiger partial charge is 0.481 e. The molecule has 3 rings (SSSR count). The first-order valence-electron chi connectivity index (χ1n) is 7.09. The summed E-state index contributed by atoms with van der Waals surface area (Å²) in [5, 5.41) is 13.8. The topological polar surface area (TPSA) is 62.2 Å². The van der Waals surface area contributed by atoms with Gasteiger partial charge in [-0.15, -0.1) is 0 Å². The zero-order chi connectivity index (χ0) is 13.9. The number of anilines is 1. The predicted octanol–water partition coefficient (Wildman–Crippen LogP) is 3.29. The molecule has 0 amide bonds. The highest BCUT2D eigenvalue weighted by Gasteiger charge is 2.30. The van der Waals surface area contributed by atoms with Gasteiger partial charge in [0, 0.05) is 17.6 Å². The van der Waals surface area contributed by atoms with E-state index in [9.17, 15) is 9.90 Å². The monoisotopic (exact) mass is 270 g/mol. The molecule has 2 N–H and O–H groups in total. The highest BCUT2D eigenvalue weighted by atomic mass is 16.4. The number of carboxylic acid groups (broad SMARTS) is 1. The lowest BCUT2D eigenvalue weighted by Crippen LogP contribution is -2.37. The molecule has 4 nitrogen and oxygen atoms in total. The normalized spacial score (nSPS) is 22.6. The lowest BCUT2D eigenvalue weighted by Gasteiger charge is -2.30. The summed E-state index contributed by atoms with van der Waals surface area (Å²) in [6.07, 6.45) is 5.51. The summed E-state index contributed by atoms with van der Waals surface area (Å²) < 4.78 is 0. The molecule has 1 aromatic carbocycles. The van der Waals surface area contributed by atoms with Gasteiger partial charge in [-0.05, 0) is 25.0 Å². The van der Waals surface area contributed by atoms with Crippen molar-refractivity contribution in [3.05, 3.63) is 36.5 Å². The Balaban J connectivity index is 1.90. The lowest BCUT2D eigenvalue weighted by atomic mass is 9.84. The molecule has 0 unspecified atom stereocenters. The average Bonchev–Trinajstić information content (AvgIpc) is 2.48. The van der Waals surface area contributed by atoms with Gasteiger partial charge in [0.25, 0.3) is 0 Å². The molecule has 2 aromatic rings. The van der Waals surface area contributed by atoms with Crippen molar-refractivity contribution in [2.45, 2.75) is 31.7 Å². The van der Waals surface area contributed by atoms with Crippen LogP contribution in [-0.4, -0.2) is 22.1 Å². The summed E-state index contributed by atoms with van der Waals surface area (Å²) in [6, 6.07) is 9.89. The van der Waals surface area contributed by atoms with Crippen molar-refractivity contribution >= 4 is 22.6 Å². The second kappa shape index (κ2) is 5.49. The van der Waals surface area contributed by atoms with Gasteiger partial charge in [0.1, 0.15) is 0 Å². The zero-order valence-corrected chi connectivity index (χ0v) is 11.2. The second-order valence-corrected chi connectivity index (χ2v) is 5.36. The van der Waals surface area contributed by atoms with Crippen molar-refractivity contribution in [2.24, 2.45) is 5.92 Å². The molecule has 0 saturated heterocycles. The number of carboxylic acids is 1. The van der Waals surface area contributed by atoms with Gasteiger partial charge in [-0.25, -0.2) is 0 Å². The van der Waals surface area contributed by atoms with Crippen molar-refractivity contribution in [1.29, 1.82) is 0 Å². The number of nitrogens with one attached hydrogen (secondary N) is 1. The van der Waals surface area contributed by atoms with E-state index < -0.39 is 5.97 Å². The molecule has 0 radical (unpaired) electrons. The van der Waals surface area contributed by atoms with Gasteiger partial charge in [0.15, 0.2) is 0 Å². The van der Waals surface area contributed by atoms with Crippen molar-refractivity contribution < 1.29 is 9.90 Å². The number of aromatic nitrogens is 1. The van der Waals surface area contributed by atoms with Crippen LogP contribution in [0.15, 0.2) is 36.5 Å². The third kappa shape index (κ3) is 2.46. The zero-order valence-electron chi connectivity index (χ0n) is 11.2. The Kier molecular flexibility index (Phi) is 3.54. The molecule has 2 atom stereocenters. The van der Waals surface area contributed by atoms with Gasteiger partial charge in [-0.3, -0.25) is 9.78 Å². The van der Waals surface area contributed by atoms with Crippen molar-refractivity contribution in [2.75, 3.05) is 5.32 Å². The Labute approximate surface area is 117 Å². The third-order valence-corrected chi connectivity index (χ3v) is 4.06. The minimum Gasteiger partial charge on any atom is -0.481 e. The van der Waals surface area contributed by atoms with Crippen LogP contribution in [0.3, 0.4) is 0 Å². The molecular formula is C16H18N2O2. The van der Waals surface area contributed by atoms with Gasteiger partial charge >= 0.3 is 5.97 Å². The first kappa shape index (κ1) is 12.9. The fraction of sp³-hybridized carbons (Fsp3) is 0.375. The maximum Gasteiger partial charge on any atom is 0.308 e. The van der Waals surface area contributed by atoms with E-state index in [2.05, 4.69) is 10.3 Å². The number of pyridine rings is 1. The van der Waals surface area contributed by atoms with Crippen molar-refractivity contribution in [3.8, 4) is 0 Å². The first-order chi connectivity index (χ1) is 9.75. The molecule has 1 heterocycles. The van der Waals surface area contributed by atoms with E-state index in [1.807, 2.05) is 30.3 Å². The predicted molar refractivity (Wildman–Crippen MR) is 78.7 cm³/mol.